The summed E-state index contributed by atoms with van der Waals surface area (Å²) in [6, 6.07) is 9.50. The summed E-state index contributed by atoms with van der Waals surface area (Å²) < 4.78 is 6.98. The SMILES string of the molecule is CCc1ncnn1C(OC(C)=O)c1ccccc1. The molecule has 1 aromatic heterocycles. The summed E-state index contributed by atoms with van der Waals surface area (Å²) in [5.74, 6) is 0.437. The van der Waals surface area contributed by atoms with Gasteiger partial charge >= 0.3 is 5.97 Å². The predicted octanol–water partition coefficient (Wildman–Crippen LogP) is 1.95. The van der Waals surface area contributed by atoms with Gasteiger partial charge in [0.2, 0.25) is 6.23 Å². The Morgan fingerprint density at radius 2 is 2.11 bits per heavy atom. The molecule has 0 aliphatic heterocycles. The van der Waals surface area contributed by atoms with E-state index in [1.807, 2.05) is 37.3 Å². The predicted molar refractivity (Wildman–Crippen MR) is 65.7 cm³/mol. The van der Waals surface area contributed by atoms with Gasteiger partial charge in [-0.3, -0.25) is 4.79 Å². The Balaban J connectivity index is 2.40. The third kappa shape index (κ3) is 2.56. The van der Waals surface area contributed by atoms with Crippen molar-refractivity contribution in [2.75, 3.05) is 0 Å². The van der Waals surface area contributed by atoms with E-state index >= 15 is 0 Å². The highest BCUT2D eigenvalue weighted by Gasteiger charge is 2.20. The summed E-state index contributed by atoms with van der Waals surface area (Å²) >= 11 is 0. The first-order valence-corrected chi connectivity index (χ1v) is 5.83. The Bertz CT molecular complexity index is 522. The molecular weight excluding hydrogens is 230 g/mol. The Morgan fingerprint density at radius 3 is 2.72 bits per heavy atom. The number of hydrogen-bond donors (Lipinski definition) is 0. The number of esters is 1. The van der Waals surface area contributed by atoms with Crippen LogP contribution in [0.4, 0.5) is 0 Å². The summed E-state index contributed by atoms with van der Waals surface area (Å²) in [5.41, 5.74) is 0.868. The zero-order valence-electron chi connectivity index (χ0n) is 10.4. The molecule has 0 aliphatic carbocycles. The quantitative estimate of drug-likeness (QED) is 0.772. The van der Waals surface area contributed by atoms with Crippen molar-refractivity contribution in [2.24, 2.45) is 0 Å². The van der Waals surface area contributed by atoms with E-state index in [0.29, 0.717) is 0 Å². The molecule has 0 radical (unpaired) electrons. The zero-order chi connectivity index (χ0) is 13.0. The molecule has 2 aromatic rings. The van der Waals surface area contributed by atoms with Gasteiger partial charge in [-0.05, 0) is 0 Å². The second kappa shape index (κ2) is 5.44. The topological polar surface area (TPSA) is 57.0 Å². The van der Waals surface area contributed by atoms with Gasteiger partial charge in [-0.25, -0.2) is 9.67 Å². The summed E-state index contributed by atoms with van der Waals surface area (Å²) in [6.45, 7) is 3.37. The minimum atomic E-state index is -0.554. The van der Waals surface area contributed by atoms with Gasteiger partial charge in [0, 0.05) is 18.9 Å². The number of benzene rings is 1. The molecule has 0 saturated carbocycles. The average molecular weight is 245 g/mol. The van der Waals surface area contributed by atoms with Gasteiger partial charge in [-0.1, -0.05) is 37.3 Å². The van der Waals surface area contributed by atoms with Crippen LogP contribution in [-0.4, -0.2) is 20.7 Å². The average Bonchev–Trinajstić information content (AvgIpc) is 2.85. The standard InChI is InChI=1S/C13H15N3O2/c1-3-12-14-9-15-16(12)13(18-10(2)17)11-7-5-4-6-8-11/h4-9,13H,3H2,1-2H3. The molecule has 0 amide bonds. The van der Waals surface area contributed by atoms with E-state index in [0.717, 1.165) is 17.8 Å². The number of carbonyl (C=O) groups excluding carboxylic acids is 1. The molecule has 5 heteroatoms. The van der Waals surface area contributed by atoms with Crippen LogP contribution in [-0.2, 0) is 16.0 Å². The Hall–Kier alpha value is -2.17. The van der Waals surface area contributed by atoms with E-state index < -0.39 is 6.23 Å². The maximum Gasteiger partial charge on any atom is 0.304 e. The molecule has 0 aliphatic rings. The first-order valence-electron chi connectivity index (χ1n) is 5.83. The van der Waals surface area contributed by atoms with Crippen molar-refractivity contribution in [3.8, 4) is 0 Å². The molecule has 0 spiro atoms. The monoisotopic (exact) mass is 245 g/mol. The Labute approximate surface area is 105 Å². The van der Waals surface area contributed by atoms with Gasteiger partial charge in [0.05, 0.1) is 0 Å². The van der Waals surface area contributed by atoms with Gasteiger partial charge in [0.25, 0.3) is 0 Å². The number of rotatable bonds is 4. The normalized spacial score (nSPS) is 12.1. The second-order valence-electron chi connectivity index (χ2n) is 3.85. The lowest BCUT2D eigenvalue weighted by Gasteiger charge is -2.18. The largest absolute Gasteiger partial charge is 0.435 e. The number of hydrogen-bond acceptors (Lipinski definition) is 4. The van der Waals surface area contributed by atoms with Crippen molar-refractivity contribution in [1.29, 1.82) is 0 Å². The van der Waals surface area contributed by atoms with E-state index in [9.17, 15) is 4.79 Å². The first-order chi connectivity index (χ1) is 8.72. The van der Waals surface area contributed by atoms with Crippen LogP contribution in [0.15, 0.2) is 36.7 Å². The molecule has 0 bridgehead atoms. The van der Waals surface area contributed by atoms with Crippen molar-refractivity contribution in [1.82, 2.24) is 14.8 Å². The number of nitrogens with zero attached hydrogens (tertiary/aromatic N) is 3. The molecule has 0 N–H and O–H groups in total. The van der Waals surface area contributed by atoms with Crippen molar-refractivity contribution in [2.45, 2.75) is 26.5 Å². The first kappa shape index (κ1) is 12.3. The molecule has 2 rings (SSSR count). The van der Waals surface area contributed by atoms with Crippen LogP contribution in [0.5, 0.6) is 0 Å². The fourth-order valence-corrected chi connectivity index (χ4v) is 1.76. The fourth-order valence-electron chi connectivity index (χ4n) is 1.76. The van der Waals surface area contributed by atoms with Crippen molar-refractivity contribution in [3.05, 3.63) is 48.0 Å². The molecular formula is C13H15N3O2. The molecule has 1 atom stereocenters. The highest BCUT2D eigenvalue weighted by atomic mass is 16.6. The van der Waals surface area contributed by atoms with Crippen LogP contribution in [0.3, 0.4) is 0 Å². The van der Waals surface area contributed by atoms with E-state index in [2.05, 4.69) is 10.1 Å². The van der Waals surface area contributed by atoms with Gasteiger partial charge in [0.15, 0.2) is 0 Å². The summed E-state index contributed by atoms with van der Waals surface area (Å²) in [7, 11) is 0. The van der Waals surface area contributed by atoms with Gasteiger partial charge in [-0.15, -0.1) is 0 Å². The second-order valence-corrected chi connectivity index (χ2v) is 3.85. The van der Waals surface area contributed by atoms with Crippen molar-refractivity contribution < 1.29 is 9.53 Å². The maximum absolute atomic E-state index is 11.2. The summed E-state index contributed by atoms with van der Waals surface area (Å²) in [6.07, 6.45) is 1.64. The van der Waals surface area contributed by atoms with Crippen molar-refractivity contribution >= 4 is 5.97 Å². The van der Waals surface area contributed by atoms with Gasteiger partial charge in [0.1, 0.15) is 12.2 Å². The van der Waals surface area contributed by atoms with E-state index in [1.165, 1.54) is 13.3 Å². The minimum absolute atomic E-state index is 0.346. The maximum atomic E-state index is 11.2. The summed E-state index contributed by atoms with van der Waals surface area (Å²) in [5, 5.41) is 4.15. The Morgan fingerprint density at radius 1 is 1.39 bits per heavy atom. The highest BCUT2D eigenvalue weighted by molar-refractivity contribution is 5.66. The third-order valence-corrected chi connectivity index (χ3v) is 2.55. The smallest absolute Gasteiger partial charge is 0.304 e. The lowest BCUT2D eigenvalue weighted by atomic mass is 10.2. The fraction of sp³-hybridized carbons (Fsp3) is 0.308. The lowest BCUT2D eigenvalue weighted by molar-refractivity contribution is -0.149. The molecule has 0 fully saturated rings. The zero-order valence-corrected chi connectivity index (χ0v) is 10.4. The highest BCUT2D eigenvalue weighted by Crippen LogP contribution is 2.20. The molecule has 94 valence electrons. The van der Waals surface area contributed by atoms with Crippen molar-refractivity contribution in [3.63, 3.8) is 0 Å². The third-order valence-electron chi connectivity index (χ3n) is 2.55. The number of aryl methyl sites for hydroxylation is 1. The van der Waals surface area contributed by atoms with Crippen LogP contribution < -0.4 is 0 Å². The van der Waals surface area contributed by atoms with E-state index in [-0.39, 0.29) is 5.97 Å². The van der Waals surface area contributed by atoms with E-state index in [1.54, 1.807) is 4.68 Å². The Kier molecular flexibility index (Phi) is 3.72. The minimum Gasteiger partial charge on any atom is -0.435 e. The van der Waals surface area contributed by atoms with Crippen LogP contribution in [0.1, 0.15) is 31.5 Å². The van der Waals surface area contributed by atoms with Crippen LogP contribution in [0.2, 0.25) is 0 Å². The van der Waals surface area contributed by atoms with Crippen LogP contribution >= 0.6 is 0 Å². The van der Waals surface area contributed by atoms with Crippen LogP contribution in [0, 0.1) is 0 Å². The molecule has 1 unspecified atom stereocenters. The van der Waals surface area contributed by atoms with E-state index in [4.69, 9.17) is 4.74 Å². The van der Waals surface area contributed by atoms with Crippen LogP contribution in [0.25, 0.3) is 0 Å². The van der Waals surface area contributed by atoms with Gasteiger partial charge in [-0.2, -0.15) is 5.10 Å². The number of ether oxygens (including phenoxy) is 1. The number of aromatic nitrogens is 3. The molecule has 5 nitrogen and oxygen atoms in total. The van der Waals surface area contributed by atoms with Gasteiger partial charge < -0.3 is 4.74 Å². The number of carbonyl (C=O) groups is 1. The molecule has 1 aromatic carbocycles. The molecule has 1 heterocycles. The summed E-state index contributed by atoms with van der Waals surface area (Å²) in [4.78, 5) is 15.4. The molecule has 18 heavy (non-hydrogen) atoms. The lowest BCUT2D eigenvalue weighted by Crippen LogP contribution is -2.20. The molecule has 0 saturated heterocycles.